The number of aliphatic carboxylic acids is 1. The van der Waals surface area contributed by atoms with Crippen molar-refractivity contribution in [1.29, 1.82) is 0 Å². The molecule has 12 heavy (non-hydrogen) atoms. The molecule has 64 valence electrons. The summed E-state index contributed by atoms with van der Waals surface area (Å²) in [6.45, 7) is 1.50. The molecule has 0 aliphatic carbocycles. The molecule has 0 atom stereocenters. The number of carboxylic acids is 1. The van der Waals surface area contributed by atoms with Crippen molar-refractivity contribution in [2.45, 2.75) is 6.92 Å². The Bertz CT molecular complexity index is 285. The summed E-state index contributed by atoms with van der Waals surface area (Å²) in [5.74, 6) is -0.450. The largest absolute Gasteiger partial charge is 0.482 e. The van der Waals surface area contributed by atoms with Crippen molar-refractivity contribution < 1.29 is 14.6 Å². The summed E-state index contributed by atoms with van der Waals surface area (Å²) in [6, 6.07) is 3.30. The third-order valence-corrected chi connectivity index (χ3v) is 1.23. The maximum Gasteiger partial charge on any atom is 0.341 e. The van der Waals surface area contributed by atoms with E-state index in [4.69, 9.17) is 9.84 Å². The number of carboxylic acid groups (broad SMARTS) is 1. The van der Waals surface area contributed by atoms with Crippen LogP contribution in [0.4, 0.5) is 0 Å². The average molecular weight is 167 g/mol. The summed E-state index contributed by atoms with van der Waals surface area (Å²) in [7, 11) is 0. The third kappa shape index (κ3) is 2.57. The van der Waals surface area contributed by atoms with Gasteiger partial charge in [0.15, 0.2) is 6.61 Å². The van der Waals surface area contributed by atoms with Crippen molar-refractivity contribution in [3.05, 3.63) is 24.0 Å². The minimum Gasteiger partial charge on any atom is -0.482 e. The second kappa shape index (κ2) is 3.71. The van der Waals surface area contributed by atoms with Gasteiger partial charge in [-0.3, -0.25) is 4.98 Å². The van der Waals surface area contributed by atoms with Crippen LogP contribution >= 0.6 is 0 Å². The number of hydrogen-bond donors (Lipinski definition) is 1. The molecule has 0 bridgehead atoms. The second-order valence-corrected chi connectivity index (χ2v) is 2.32. The van der Waals surface area contributed by atoms with E-state index in [1.54, 1.807) is 18.3 Å². The first-order chi connectivity index (χ1) is 5.68. The molecule has 1 N–H and O–H groups in total. The zero-order valence-electron chi connectivity index (χ0n) is 6.65. The van der Waals surface area contributed by atoms with Gasteiger partial charge in [0.2, 0.25) is 0 Å². The molecular formula is C8H9NO3. The lowest BCUT2D eigenvalue weighted by atomic mass is 10.4. The number of hydrogen-bond acceptors (Lipinski definition) is 3. The maximum absolute atomic E-state index is 10.1. The van der Waals surface area contributed by atoms with E-state index in [9.17, 15) is 4.79 Å². The smallest absolute Gasteiger partial charge is 0.341 e. The number of nitrogens with zero attached hydrogens (tertiary/aromatic N) is 1. The van der Waals surface area contributed by atoms with Crippen molar-refractivity contribution in [2.75, 3.05) is 6.61 Å². The highest BCUT2D eigenvalue weighted by atomic mass is 16.5. The third-order valence-electron chi connectivity index (χ3n) is 1.23. The summed E-state index contributed by atoms with van der Waals surface area (Å²) in [5, 5.41) is 8.30. The van der Waals surface area contributed by atoms with E-state index < -0.39 is 5.97 Å². The molecular weight excluding hydrogens is 158 g/mol. The van der Waals surface area contributed by atoms with Crippen LogP contribution in [0.1, 0.15) is 5.69 Å². The van der Waals surface area contributed by atoms with E-state index in [1.807, 2.05) is 6.92 Å². The van der Waals surface area contributed by atoms with E-state index in [0.29, 0.717) is 5.75 Å². The molecule has 0 radical (unpaired) electrons. The SMILES string of the molecule is Cc1cc(OCC(=O)O)ccn1. The minimum absolute atomic E-state index is 0.316. The van der Waals surface area contributed by atoms with Crippen molar-refractivity contribution in [3.63, 3.8) is 0 Å². The van der Waals surface area contributed by atoms with Crippen LogP contribution in [0.5, 0.6) is 5.75 Å². The maximum atomic E-state index is 10.1. The molecule has 0 saturated heterocycles. The standard InChI is InChI=1S/C8H9NO3/c1-6-4-7(2-3-9-6)12-5-8(10)11/h2-4H,5H2,1H3,(H,10,11). The van der Waals surface area contributed by atoms with E-state index in [-0.39, 0.29) is 6.61 Å². The van der Waals surface area contributed by atoms with Gasteiger partial charge in [0.1, 0.15) is 5.75 Å². The van der Waals surface area contributed by atoms with E-state index >= 15 is 0 Å². The molecule has 0 unspecified atom stereocenters. The van der Waals surface area contributed by atoms with E-state index in [2.05, 4.69) is 4.98 Å². The topological polar surface area (TPSA) is 59.4 Å². The molecule has 1 heterocycles. The fraction of sp³-hybridized carbons (Fsp3) is 0.250. The zero-order chi connectivity index (χ0) is 8.97. The lowest BCUT2D eigenvalue weighted by Crippen LogP contribution is -2.09. The van der Waals surface area contributed by atoms with Gasteiger partial charge in [0, 0.05) is 18.0 Å². The lowest BCUT2D eigenvalue weighted by Gasteiger charge is -2.02. The summed E-state index contributed by atoms with van der Waals surface area (Å²) in [5.41, 5.74) is 0.804. The Kier molecular flexibility index (Phi) is 2.63. The Labute approximate surface area is 69.8 Å². The molecule has 0 amide bonds. The Morgan fingerprint density at radius 1 is 1.75 bits per heavy atom. The lowest BCUT2D eigenvalue weighted by molar-refractivity contribution is -0.139. The summed E-state index contributed by atoms with van der Waals surface area (Å²) < 4.78 is 4.91. The summed E-state index contributed by atoms with van der Waals surface area (Å²) in [4.78, 5) is 14.1. The first-order valence-corrected chi connectivity index (χ1v) is 3.46. The summed E-state index contributed by atoms with van der Waals surface area (Å²) >= 11 is 0. The first kappa shape index (κ1) is 8.52. The molecule has 1 rings (SSSR count). The van der Waals surface area contributed by atoms with Crippen molar-refractivity contribution in [1.82, 2.24) is 4.98 Å². The molecule has 0 aromatic carbocycles. The van der Waals surface area contributed by atoms with Crippen LogP contribution in [0.25, 0.3) is 0 Å². The van der Waals surface area contributed by atoms with Gasteiger partial charge in [-0.1, -0.05) is 0 Å². The Balaban J connectivity index is 2.57. The molecule has 4 nitrogen and oxygen atoms in total. The number of rotatable bonds is 3. The van der Waals surface area contributed by atoms with Crippen molar-refractivity contribution >= 4 is 5.97 Å². The highest BCUT2D eigenvalue weighted by Gasteiger charge is 1.98. The van der Waals surface area contributed by atoms with Crippen LogP contribution in [0, 0.1) is 6.92 Å². The van der Waals surface area contributed by atoms with Gasteiger partial charge in [-0.25, -0.2) is 4.79 Å². The molecule has 1 aromatic rings. The van der Waals surface area contributed by atoms with Crippen LogP contribution in [0.3, 0.4) is 0 Å². The molecule has 0 saturated carbocycles. The summed E-state index contributed by atoms with van der Waals surface area (Å²) in [6.07, 6.45) is 1.58. The van der Waals surface area contributed by atoms with Crippen LogP contribution < -0.4 is 4.74 Å². The number of pyridine rings is 1. The van der Waals surface area contributed by atoms with E-state index in [1.165, 1.54) is 0 Å². The van der Waals surface area contributed by atoms with Gasteiger partial charge >= 0.3 is 5.97 Å². The quantitative estimate of drug-likeness (QED) is 0.725. The Morgan fingerprint density at radius 3 is 3.08 bits per heavy atom. The van der Waals surface area contributed by atoms with E-state index in [0.717, 1.165) is 5.69 Å². The molecule has 1 aromatic heterocycles. The highest BCUT2D eigenvalue weighted by molar-refractivity contribution is 5.68. The predicted molar refractivity (Wildman–Crippen MR) is 42.1 cm³/mol. The minimum atomic E-state index is -0.982. The van der Waals surface area contributed by atoms with Gasteiger partial charge in [-0.15, -0.1) is 0 Å². The molecule has 0 spiro atoms. The first-order valence-electron chi connectivity index (χ1n) is 3.46. The normalized spacial score (nSPS) is 9.42. The molecule has 0 fully saturated rings. The fourth-order valence-electron chi connectivity index (χ4n) is 0.754. The van der Waals surface area contributed by atoms with Gasteiger partial charge in [-0.05, 0) is 13.0 Å². The van der Waals surface area contributed by atoms with Gasteiger partial charge in [-0.2, -0.15) is 0 Å². The van der Waals surface area contributed by atoms with Crippen LogP contribution in [0.15, 0.2) is 18.3 Å². The van der Waals surface area contributed by atoms with Gasteiger partial charge in [0.25, 0.3) is 0 Å². The van der Waals surface area contributed by atoms with Gasteiger partial charge < -0.3 is 9.84 Å². The number of aryl methyl sites for hydroxylation is 1. The number of ether oxygens (including phenoxy) is 1. The number of aromatic nitrogens is 1. The van der Waals surface area contributed by atoms with Crippen molar-refractivity contribution in [2.24, 2.45) is 0 Å². The fourth-order valence-corrected chi connectivity index (χ4v) is 0.754. The Hall–Kier alpha value is -1.58. The highest BCUT2D eigenvalue weighted by Crippen LogP contribution is 2.09. The second-order valence-electron chi connectivity index (χ2n) is 2.32. The van der Waals surface area contributed by atoms with Gasteiger partial charge in [0.05, 0.1) is 0 Å². The number of carbonyl (C=O) groups is 1. The van der Waals surface area contributed by atoms with Crippen molar-refractivity contribution in [3.8, 4) is 5.75 Å². The Morgan fingerprint density at radius 2 is 2.50 bits per heavy atom. The average Bonchev–Trinajstić information content (AvgIpc) is 2.01. The monoisotopic (exact) mass is 167 g/mol. The molecule has 0 aliphatic rings. The molecule has 0 aliphatic heterocycles. The van der Waals surface area contributed by atoms with Crippen LogP contribution in [-0.4, -0.2) is 22.7 Å². The zero-order valence-corrected chi connectivity index (χ0v) is 6.65. The predicted octanol–water partition coefficient (Wildman–Crippen LogP) is 0.853. The van der Waals surface area contributed by atoms with Crippen LogP contribution in [0.2, 0.25) is 0 Å². The van der Waals surface area contributed by atoms with Crippen LogP contribution in [-0.2, 0) is 4.79 Å². The molecule has 4 heteroatoms.